The summed E-state index contributed by atoms with van der Waals surface area (Å²) in [6.07, 6.45) is 2.38. The molecule has 0 radical (unpaired) electrons. The zero-order valence-corrected chi connectivity index (χ0v) is 26.8. The lowest BCUT2D eigenvalue weighted by molar-refractivity contribution is -0.140. The summed E-state index contributed by atoms with van der Waals surface area (Å²) in [6.45, 7) is 4.37. The van der Waals surface area contributed by atoms with Crippen LogP contribution in [0.15, 0.2) is 74.0 Å². The van der Waals surface area contributed by atoms with E-state index in [2.05, 4.69) is 4.99 Å². The molecular formula is C32H30Cl2N2O7S. The number of para-hydroxylation sites is 1. The molecule has 1 aliphatic rings. The summed E-state index contributed by atoms with van der Waals surface area (Å²) >= 11 is 13.7. The molecule has 0 bridgehead atoms. The van der Waals surface area contributed by atoms with Crippen molar-refractivity contribution in [3.05, 3.63) is 101 Å². The topological polar surface area (TPSA) is 101 Å². The SMILES string of the molecule is CCCOc1c(OC)cccc1[C@@H]1C(C(=O)OCCOC)=C(C)N=c2s/c(=C/c3ccc(-c4cc(Cl)ccc4Cl)o3)c(=O)n21. The molecule has 1 aliphatic heterocycles. The standard InChI is InChI=1S/C32H30Cl2N2O7S/c1-5-13-41-29-21(7-6-8-25(29)40-4)28-27(31(38)42-15-14-39-3)18(2)35-32-36(28)30(37)26(44-32)17-20-10-12-24(43-20)22-16-19(33)9-11-23(22)34/h6-12,16-17,28H,5,13-15H2,1-4H3/b26-17+/t28-/m1/s1. The Morgan fingerprint density at radius 3 is 2.68 bits per heavy atom. The molecule has 230 valence electrons. The molecule has 1 atom stereocenters. The molecule has 3 heterocycles. The number of allylic oxidation sites excluding steroid dienone is 1. The first-order chi connectivity index (χ1) is 21.3. The molecule has 0 spiro atoms. The predicted octanol–water partition coefficient (Wildman–Crippen LogP) is 5.79. The third kappa shape index (κ3) is 6.34. The average Bonchev–Trinajstić information content (AvgIpc) is 3.60. The number of furan rings is 1. The Balaban J connectivity index is 1.67. The van der Waals surface area contributed by atoms with Crippen molar-refractivity contribution >= 4 is 46.6 Å². The first-order valence-corrected chi connectivity index (χ1v) is 15.4. The number of rotatable bonds is 11. The van der Waals surface area contributed by atoms with E-state index < -0.39 is 12.0 Å². The van der Waals surface area contributed by atoms with E-state index in [0.29, 0.717) is 65.8 Å². The smallest absolute Gasteiger partial charge is 0.338 e. The van der Waals surface area contributed by atoms with E-state index in [9.17, 15) is 9.59 Å². The quantitative estimate of drug-likeness (QED) is 0.149. The van der Waals surface area contributed by atoms with Gasteiger partial charge in [0, 0.05) is 29.3 Å². The number of halogens is 2. The number of thiazole rings is 1. The number of carbonyl (C=O) groups excluding carboxylic acids is 1. The van der Waals surface area contributed by atoms with Crippen LogP contribution in [0.5, 0.6) is 11.5 Å². The third-order valence-electron chi connectivity index (χ3n) is 6.83. The average molecular weight is 658 g/mol. The Kier molecular flexibility index (Phi) is 9.95. The van der Waals surface area contributed by atoms with Crippen LogP contribution in [0.4, 0.5) is 0 Å². The fourth-order valence-corrected chi connectivity index (χ4v) is 6.24. The number of hydrogen-bond donors (Lipinski definition) is 0. The summed E-state index contributed by atoms with van der Waals surface area (Å²) in [5.74, 6) is 1.23. The second-order valence-electron chi connectivity index (χ2n) is 9.76. The van der Waals surface area contributed by atoms with E-state index in [-0.39, 0.29) is 24.3 Å². The van der Waals surface area contributed by atoms with Gasteiger partial charge in [-0.15, -0.1) is 0 Å². The van der Waals surface area contributed by atoms with Crippen molar-refractivity contribution in [2.24, 2.45) is 4.99 Å². The summed E-state index contributed by atoms with van der Waals surface area (Å²) in [7, 11) is 3.06. The second-order valence-corrected chi connectivity index (χ2v) is 11.6. The maximum Gasteiger partial charge on any atom is 0.338 e. The summed E-state index contributed by atoms with van der Waals surface area (Å²) < 4.78 is 30.2. The van der Waals surface area contributed by atoms with Gasteiger partial charge in [0.05, 0.1) is 41.1 Å². The number of aromatic nitrogens is 1. The van der Waals surface area contributed by atoms with Crippen LogP contribution >= 0.6 is 34.5 Å². The van der Waals surface area contributed by atoms with Crippen molar-refractivity contribution in [1.29, 1.82) is 0 Å². The predicted molar refractivity (Wildman–Crippen MR) is 170 cm³/mol. The van der Waals surface area contributed by atoms with Crippen LogP contribution < -0.4 is 24.4 Å². The van der Waals surface area contributed by atoms with Gasteiger partial charge < -0.3 is 23.4 Å². The summed E-state index contributed by atoms with van der Waals surface area (Å²) in [6, 6.07) is 13.1. The highest BCUT2D eigenvalue weighted by atomic mass is 35.5. The fraction of sp³-hybridized carbons (Fsp3) is 0.281. The lowest BCUT2D eigenvalue weighted by Crippen LogP contribution is -2.40. The van der Waals surface area contributed by atoms with Crippen molar-refractivity contribution in [2.45, 2.75) is 26.3 Å². The molecule has 9 nitrogen and oxygen atoms in total. The first kappa shape index (κ1) is 31.6. The Labute approximate surface area is 267 Å². The van der Waals surface area contributed by atoms with Crippen LogP contribution in [-0.2, 0) is 14.3 Å². The van der Waals surface area contributed by atoms with Crippen molar-refractivity contribution in [1.82, 2.24) is 4.57 Å². The van der Waals surface area contributed by atoms with Crippen LogP contribution in [0.25, 0.3) is 17.4 Å². The lowest BCUT2D eigenvalue weighted by atomic mass is 9.94. The maximum absolute atomic E-state index is 14.1. The zero-order chi connectivity index (χ0) is 31.4. The largest absolute Gasteiger partial charge is 0.493 e. The van der Waals surface area contributed by atoms with Crippen molar-refractivity contribution in [3.8, 4) is 22.8 Å². The van der Waals surface area contributed by atoms with Crippen LogP contribution in [-0.4, -0.2) is 44.6 Å². The third-order valence-corrected chi connectivity index (χ3v) is 8.38. The number of hydrogen-bond acceptors (Lipinski definition) is 9. The number of esters is 1. The van der Waals surface area contributed by atoms with Gasteiger partial charge in [0.15, 0.2) is 16.3 Å². The highest BCUT2D eigenvalue weighted by molar-refractivity contribution is 7.07. The molecule has 0 unspecified atom stereocenters. The van der Waals surface area contributed by atoms with Crippen LogP contribution in [0, 0.1) is 0 Å². The summed E-state index contributed by atoms with van der Waals surface area (Å²) in [5.41, 5.74) is 1.46. The van der Waals surface area contributed by atoms with Gasteiger partial charge in [-0.2, -0.15) is 0 Å². The summed E-state index contributed by atoms with van der Waals surface area (Å²) in [4.78, 5) is 32.7. The van der Waals surface area contributed by atoms with Gasteiger partial charge in [-0.05, 0) is 49.7 Å². The molecule has 2 aromatic carbocycles. The molecule has 0 saturated heterocycles. The molecule has 5 rings (SSSR count). The minimum atomic E-state index is -0.900. The molecule has 2 aromatic heterocycles. The van der Waals surface area contributed by atoms with Gasteiger partial charge >= 0.3 is 5.97 Å². The minimum Gasteiger partial charge on any atom is -0.493 e. The van der Waals surface area contributed by atoms with Crippen LogP contribution in [0.1, 0.15) is 37.6 Å². The molecule has 44 heavy (non-hydrogen) atoms. The molecule has 0 amide bonds. The number of fused-ring (bicyclic) bond motifs is 1. The van der Waals surface area contributed by atoms with E-state index in [1.807, 2.05) is 13.0 Å². The number of methoxy groups -OCH3 is 2. The van der Waals surface area contributed by atoms with E-state index in [4.69, 9.17) is 46.6 Å². The normalized spacial score (nSPS) is 14.8. The fourth-order valence-electron chi connectivity index (χ4n) is 4.83. The van der Waals surface area contributed by atoms with Crippen LogP contribution in [0.3, 0.4) is 0 Å². The van der Waals surface area contributed by atoms with Gasteiger partial charge in [0.1, 0.15) is 24.2 Å². The van der Waals surface area contributed by atoms with Gasteiger partial charge in [0.25, 0.3) is 5.56 Å². The number of benzene rings is 2. The Bertz CT molecular complexity index is 1910. The van der Waals surface area contributed by atoms with Gasteiger partial charge in [0.2, 0.25) is 0 Å². The summed E-state index contributed by atoms with van der Waals surface area (Å²) in [5, 5.41) is 0.997. The Hall–Kier alpha value is -3.83. The van der Waals surface area contributed by atoms with Crippen molar-refractivity contribution < 1.29 is 28.2 Å². The second kappa shape index (κ2) is 13.9. The van der Waals surface area contributed by atoms with E-state index >= 15 is 0 Å². The molecular weight excluding hydrogens is 627 g/mol. The molecule has 0 fully saturated rings. The molecule has 4 aromatic rings. The van der Waals surface area contributed by atoms with Gasteiger partial charge in [-0.1, -0.05) is 53.6 Å². The lowest BCUT2D eigenvalue weighted by Gasteiger charge is -2.27. The zero-order valence-electron chi connectivity index (χ0n) is 24.5. The number of nitrogens with zero attached hydrogens (tertiary/aromatic N) is 2. The van der Waals surface area contributed by atoms with Crippen LogP contribution in [0.2, 0.25) is 10.0 Å². The Morgan fingerprint density at radius 2 is 1.93 bits per heavy atom. The molecule has 12 heteroatoms. The van der Waals surface area contributed by atoms with Gasteiger partial charge in [-0.3, -0.25) is 9.36 Å². The number of ether oxygens (including phenoxy) is 4. The van der Waals surface area contributed by atoms with E-state index in [1.165, 1.54) is 23.0 Å². The van der Waals surface area contributed by atoms with E-state index in [0.717, 1.165) is 6.42 Å². The van der Waals surface area contributed by atoms with E-state index in [1.54, 1.807) is 62.6 Å². The maximum atomic E-state index is 14.1. The minimum absolute atomic E-state index is 0.0397. The first-order valence-electron chi connectivity index (χ1n) is 13.8. The molecule has 0 saturated carbocycles. The molecule has 0 aliphatic carbocycles. The Morgan fingerprint density at radius 1 is 1.11 bits per heavy atom. The molecule has 0 N–H and O–H groups in total. The van der Waals surface area contributed by atoms with Crippen molar-refractivity contribution in [3.63, 3.8) is 0 Å². The van der Waals surface area contributed by atoms with Gasteiger partial charge in [-0.25, -0.2) is 9.79 Å². The number of carbonyl (C=O) groups is 1. The van der Waals surface area contributed by atoms with Crippen molar-refractivity contribution in [2.75, 3.05) is 34.0 Å². The highest BCUT2D eigenvalue weighted by Crippen LogP contribution is 2.41. The monoisotopic (exact) mass is 656 g/mol. The highest BCUT2D eigenvalue weighted by Gasteiger charge is 2.36.